The Morgan fingerprint density at radius 1 is 1.09 bits per heavy atom. The first-order valence-electron chi connectivity index (χ1n) is 9.93. The van der Waals surface area contributed by atoms with Gasteiger partial charge in [-0.05, 0) is 55.7 Å². The van der Waals surface area contributed by atoms with Crippen molar-refractivity contribution in [3.63, 3.8) is 0 Å². The molecule has 0 fully saturated rings. The molecule has 0 saturated carbocycles. The van der Waals surface area contributed by atoms with Crippen LogP contribution in [0.5, 0.6) is 0 Å². The summed E-state index contributed by atoms with van der Waals surface area (Å²) in [5, 5.41) is 16.9. The molecule has 0 spiro atoms. The number of hydrogen-bond donors (Lipinski definition) is 1. The summed E-state index contributed by atoms with van der Waals surface area (Å²) in [6.07, 6.45) is 0. The monoisotopic (exact) mass is 535 g/mol. The second-order valence-corrected chi connectivity index (χ2v) is 11.5. The van der Waals surface area contributed by atoms with E-state index in [0.29, 0.717) is 31.5 Å². The quantitative estimate of drug-likeness (QED) is 0.286. The van der Waals surface area contributed by atoms with Gasteiger partial charge in [0.2, 0.25) is 5.13 Å². The van der Waals surface area contributed by atoms with Crippen molar-refractivity contribution in [2.45, 2.75) is 30.2 Å². The van der Waals surface area contributed by atoms with E-state index in [4.69, 9.17) is 39.8 Å². The molecular formula is C23H16Cl3N3O2S2. The average molecular weight is 537 g/mol. The summed E-state index contributed by atoms with van der Waals surface area (Å²) >= 11 is 21.9. The van der Waals surface area contributed by atoms with Crippen LogP contribution in [-0.2, 0) is 0 Å². The van der Waals surface area contributed by atoms with Gasteiger partial charge in [0.25, 0.3) is 0 Å². The number of carboxylic acids is 1. The van der Waals surface area contributed by atoms with Gasteiger partial charge in [0.1, 0.15) is 0 Å². The number of benzene rings is 2. The fraction of sp³-hybridized carbons (Fsp3) is 0.174. The molecule has 3 heterocycles. The summed E-state index contributed by atoms with van der Waals surface area (Å²) in [5.74, 6) is -1.09. The minimum atomic E-state index is -1.09. The Kier molecular flexibility index (Phi) is 5.74. The molecule has 168 valence electrons. The molecule has 4 aromatic rings. The molecule has 1 aliphatic rings. The third kappa shape index (κ3) is 3.67. The highest BCUT2D eigenvalue weighted by molar-refractivity contribution is 8.01. The first-order valence-corrected chi connectivity index (χ1v) is 12.8. The molecule has 0 amide bonds. The smallest absolute Gasteiger partial charge is 0.355 e. The van der Waals surface area contributed by atoms with E-state index < -0.39 is 5.97 Å². The Labute approximate surface area is 213 Å². The van der Waals surface area contributed by atoms with Gasteiger partial charge in [-0.25, -0.2) is 9.78 Å². The van der Waals surface area contributed by atoms with Gasteiger partial charge < -0.3 is 5.11 Å². The van der Waals surface area contributed by atoms with Crippen LogP contribution in [0, 0.1) is 13.8 Å². The Bertz CT molecular complexity index is 1460. The van der Waals surface area contributed by atoms with E-state index in [-0.39, 0.29) is 10.9 Å². The van der Waals surface area contributed by atoms with E-state index in [9.17, 15) is 9.90 Å². The zero-order valence-electron chi connectivity index (χ0n) is 17.6. The van der Waals surface area contributed by atoms with Gasteiger partial charge in [-0.15, -0.1) is 11.8 Å². The van der Waals surface area contributed by atoms with Gasteiger partial charge in [-0.2, -0.15) is 9.78 Å². The molecule has 5 rings (SSSR count). The van der Waals surface area contributed by atoms with Crippen LogP contribution >= 0.6 is 57.9 Å². The van der Waals surface area contributed by atoms with Crippen LogP contribution in [0.25, 0.3) is 27.5 Å². The normalized spacial score (nSPS) is 14.8. The van der Waals surface area contributed by atoms with Crippen molar-refractivity contribution in [2.75, 3.05) is 0 Å². The molecule has 1 atom stereocenters. The summed E-state index contributed by atoms with van der Waals surface area (Å²) in [6.45, 7) is 5.75. The van der Waals surface area contributed by atoms with Gasteiger partial charge in [0.05, 0.1) is 25.6 Å². The maximum atomic E-state index is 12.4. The topological polar surface area (TPSA) is 68.0 Å². The van der Waals surface area contributed by atoms with Crippen molar-refractivity contribution in [2.24, 2.45) is 0 Å². The number of aryl methyl sites for hydroxylation is 1. The maximum Gasteiger partial charge on any atom is 0.355 e. The molecule has 0 bridgehead atoms. The molecular weight excluding hydrogens is 521 g/mol. The van der Waals surface area contributed by atoms with Gasteiger partial charge in [-0.3, -0.25) is 0 Å². The van der Waals surface area contributed by atoms with Gasteiger partial charge in [0.15, 0.2) is 5.69 Å². The van der Waals surface area contributed by atoms with E-state index in [1.165, 1.54) is 16.0 Å². The molecule has 0 radical (unpaired) electrons. The summed E-state index contributed by atoms with van der Waals surface area (Å²) < 4.78 is 2.40. The van der Waals surface area contributed by atoms with Crippen LogP contribution in [0.1, 0.15) is 39.5 Å². The number of hydrogen-bond acceptors (Lipinski definition) is 5. The Morgan fingerprint density at radius 3 is 2.55 bits per heavy atom. The molecule has 5 nitrogen and oxygen atoms in total. The molecule has 33 heavy (non-hydrogen) atoms. The fourth-order valence-electron chi connectivity index (χ4n) is 4.03. The third-order valence-corrected chi connectivity index (χ3v) is 9.15. The second kappa shape index (κ2) is 8.32. The molecule has 1 unspecified atom stereocenters. The first kappa shape index (κ1) is 22.7. The van der Waals surface area contributed by atoms with E-state index in [1.807, 2.05) is 25.1 Å². The predicted molar refractivity (Wildman–Crippen MR) is 136 cm³/mol. The van der Waals surface area contributed by atoms with Gasteiger partial charge >= 0.3 is 5.97 Å². The fourth-order valence-corrected chi connectivity index (χ4v) is 7.07. The number of thioether (sulfide) groups is 1. The number of halogens is 3. The zero-order valence-corrected chi connectivity index (χ0v) is 21.5. The number of aromatic nitrogens is 3. The molecule has 1 aliphatic heterocycles. The summed E-state index contributed by atoms with van der Waals surface area (Å²) in [5.41, 5.74) is 5.42. The van der Waals surface area contributed by atoms with Gasteiger partial charge in [0, 0.05) is 21.4 Å². The number of nitrogens with zero attached hydrogens (tertiary/aromatic N) is 3. The lowest BCUT2D eigenvalue weighted by Crippen LogP contribution is -2.09. The van der Waals surface area contributed by atoms with Crippen LogP contribution in [0.3, 0.4) is 0 Å². The number of thiazole rings is 1. The van der Waals surface area contributed by atoms with E-state index in [2.05, 4.69) is 12.0 Å². The van der Waals surface area contributed by atoms with Crippen LogP contribution in [-0.4, -0.2) is 25.8 Å². The number of carbonyl (C=O) groups is 1. The standard InChI is InChI=1S/C23H16Cl3N3O2S2/c1-9-12(5-4-6-15(9)24)18-10(2)28-29(20(18)21(30)31)23-27-19-14-8-17(26)16(25)7-13(14)11(3)32-22(19)33-23/h4-8,11H,1-3H3,(H,30,31). The number of aromatic carboxylic acids is 1. The lowest BCUT2D eigenvalue weighted by atomic mass is 9.98. The van der Waals surface area contributed by atoms with Crippen molar-refractivity contribution < 1.29 is 9.90 Å². The number of rotatable bonds is 3. The number of fused-ring (bicyclic) bond motifs is 3. The maximum absolute atomic E-state index is 12.4. The molecule has 1 N–H and O–H groups in total. The third-order valence-electron chi connectivity index (χ3n) is 5.64. The van der Waals surface area contributed by atoms with Crippen molar-refractivity contribution in [3.8, 4) is 27.5 Å². The predicted octanol–water partition coefficient (Wildman–Crippen LogP) is 8.10. The molecule has 2 aromatic heterocycles. The summed E-state index contributed by atoms with van der Waals surface area (Å²) in [4.78, 5) is 17.2. The minimum absolute atomic E-state index is 0.0522. The molecule has 2 aromatic carbocycles. The van der Waals surface area contributed by atoms with E-state index >= 15 is 0 Å². The SMILES string of the molecule is Cc1nn(-c2nc3c(s2)SC(C)c2cc(Cl)c(Cl)cc2-3)c(C(=O)O)c1-c1cccc(Cl)c1C. The number of carboxylic acid groups (broad SMARTS) is 1. The summed E-state index contributed by atoms with van der Waals surface area (Å²) in [6, 6.07) is 9.14. The first-order chi connectivity index (χ1) is 15.7. The molecule has 0 aliphatic carbocycles. The van der Waals surface area contributed by atoms with Crippen molar-refractivity contribution in [3.05, 3.63) is 67.9 Å². The largest absolute Gasteiger partial charge is 0.476 e. The van der Waals surface area contributed by atoms with Crippen molar-refractivity contribution >= 4 is 63.9 Å². The highest BCUT2D eigenvalue weighted by Gasteiger charge is 2.31. The lowest BCUT2D eigenvalue weighted by molar-refractivity contribution is 0.0688. The Morgan fingerprint density at radius 2 is 1.82 bits per heavy atom. The highest BCUT2D eigenvalue weighted by Crippen LogP contribution is 2.53. The van der Waals surface area contributed by atoms with Gasteiger partial charge in [-0.1, -0.05) is 58.3 Å². The average Bonchev–Trinajstić information content (AvgIpc) is 3.33. The second-order valence-electron chi connectivity index (χ2n) is 7.68. The van der Waals surface area contributed by atoms with Crippen LogP contribution in [0.4, 0.5) is 0 Å². The molecule has 0 saturated heterocycles. The van der Waals surface area contributed by atoms with E-state index in [0.717, 1.165) is 32.2 Å². The van der Waals surface area contributed by atoms with Crippen molar-refractivity contribution in [1.29, 1.82) is 0 Å². The van der Waals surface area contributed by atoms with Crippen LogP contribution < -0.4 is 0 Å². The highest BCUT2D eigenvalue weighted by atomic mass is 35.5. The molecule has 10 heteroatoms. The zero-order chi connectivity index (χ0) is 23.6. The Hall–Kier alpha value is -2.03. The van der Waals surface area contributed by atoms with Crippen molar-refractivity contribution in [1.82, 2.24) is 14.8 Å². The van der Waals surface area contributed by atoms with E-state index in [1.54, 1.807) is 30.8 Å². The van der Waals surface area contributed by atoms with Crippen LogP contribution in [0.2, 0.25) is 15.1 Å². The Balaban J connectivity index is 1.72. The minimum Gasteiger partial charge on any atom is -0.476 e. The van der Waals surface area contributed by atoms with Crippen LogP contribution in [0.15, 0.2) is 34.5 Å². The lowest BCUT2D eigenvalue weighted by Gasteiger charge is -2.21. The summed E-state index contributed by atoms with van der Waals surface area (Å²) in [7, 11) is 0.